The Morgan fingerprint density at radius 3 is 2.69 bits per heavy atom. The smallest absolute Gasteiger partial charge is 0.153 e. The van der Waals surface area contributed by atoms with Gasteiger partial charge in [-0.05, 0) is 12.8 Å². The molecule has 0 aliphatic rings. The molecule has 0 amide bonds. The second-order valence-corrected chi connectivity index (χ2v) is 3.22. The van der Waals surface area contributed by atoms with Crippen molar-refractivity contribution >= 4 is 17.7 Å². The zero-order valence-corrected chi connectivity index (χ0v) is 8.15. The number of aromatic nitrogens is 2. The van der Waals surface area contributed by atoms with E-state index in [-0.39, 0.29) is 0 Å². The van der Waals surface area contributed by atoms with Gasteiger partial charge in [-0.1, -0.05) is 13.8 Å². The zero-order valence-electron chi connectivity index (χ0n) is 8.15. The molecule has 4 heteroatoms. The number of nitrogen functional groups attached to an aromatic ring is 1. The van der Waals surface area contributed by atoms with Gasteiger partial charge in [0.05, 0.1) is 5.69 Å². The van der Waals surface area contributed by atoms with Crippen molar-refractivity contribution in [1.29, 1.82) is 0 Å². The Balaban J connectivity index is 3.00. The highest BCUT2D eigenvalue weighted by atomic mass is 15.0. The van der Waals surface area contributed by atoms with Crippen LogP contribution in [0.15, 0.2) is 11.3 Å². The highest BCUT2D eigenvalue weighted by molar-refractivity contribution is 5.70. The quantitative estimate of drug-likeness (QED) is 0.701. The van der Waals surface area contributed by atoms with Crippen LogP contribution in [0.3, 0.4) is 0 Å². The number of nitrogens with zero attached hydrogens (tertiary/aromatic N) is 3. The lowest BCUT2D eigenvalue weighted by atomic mass is 10.2. The lowest BCUT2D eigenvalue weighted by Gasteiger charge is -2.01. The molecule has 0 aliphatic carbocycles. The molecule has 0 radical (unpaired) electrons. The van der Waals surface area contributed by atoms with Crippen LogP contribution < -0.4 is 5.73 Å². The minimum Gasteiger partial charge on any atom is -0.382 e. The van der Waals surface area contributed by atoms with E-state index in [1.165, 1.54) is 6.33 Å². The third-order valence-corrected chi connectivity index (χ3v) is 1.54. The van der Waals surface area contributed by atoms with E-state index in [2.05, 4.69) is 28.8 Å². The van der Waals surface area contributed by atoms with E-state index >= 15 is 0 Å². The van der Waals surface area contributed by atoms with Gasteiger partial charge < -0.3 is 5.73 Å². The molecular weight excluding hydrogens is 164 g/mol. The molecule has 1 heterocycles. The molecule has 0 saturated heterocycles. The highest BCUT2D eigenvalue weighted by Crippen LogP contribution is 2.21. The molecule has 4 nitrogen and oxygen atoms in total. The standard InChI is InChI=1S/C9H14N4/c1-6(2)4-11-8-7(3)12-5-13-9(8)10/h4-6H,1-3H3,(H2,10,12,13). The molecular formula is C9H14N4. The molecule has 0 aliphatic heterocycles. The average Bonchev–Trinajstić information content (AvgIpc) is 2.03. The van der Waals surface area contributed by atoms with Gasteiger partial charge >= 0.3 is 0 Å². The Bertz CT molecular complexity index is 297. The van der Waals surface area contributed by atoms with Gasteiger partial charge in [0.2, 0.25) is 0 Å². The van der Waals surface area contributed by atoms with Crippen LogP contribution in [0.2, 0.25) is 0 Å². The molecule has 0 atom stereocenters. The van der Waals surface area contributed by atoms with E-state index < -0.39 is 0 Å². The minimum atomic E-state index is 0.402. The minimum absolute atomic E-state index is 0.402. The summed E-state index contributed by atoms with van der Waals surface area (Å²) in [7, 11) is 0. The molecule has 0 unspecified atom stereocenters. The Labute approximate surface area is 77.9 Å². The van der Waals surface area contributed by atoms with E-state index in [9.17, 15) is 0 Å². The van der Waals surface area contributed by atoms with Crippen LogP contribution in [0, 0.1) is 12.8 Å². The first kappa shape index (κ1) is 9.64. The molecule has 0 spiro atoms. The molecule has 13 heavy (non-hydrogen) atoms. The van der Waals surface area contributed by atoms with Gasteiger partial charge in [-0.3, -0.25) is 4.99 Å². The van der Waals surface area contributed by atoms with Gasteiger partial charge in [-0.15, -0.1) is 0 Å². The Morgan fingerprint density at radius 1 is 1.46 bits per heavy atom. The van der Waals surface area contributed by atoms with Crippen molar-refractivity contribution in [3.05, 3.63) is 12.0 Å². The van der Waals surface area contributed by atoms with Crippen molar-refractivity contribution in [2.75, 3.05) is 5.73 Å². The Morgan fingerprint density at radius 2 is 2.15 bits per heavy atom. The second-order valence-electron chi connectivity index (χ2n) is 3.22. The monoisotopic (exact) mass is 178 g/mol. The van der Waals surface area contributed by atoms with Crippen molar-refractivity contribution in [2.24, 2.45) is 10.9 Å². The van der Waals surface area contributed by atoms with Crippen LogP contribution >= 0.6 is 0 Å². The molecule has 0 bridgehead atoms. The lowest BCUT2D eigenvalue weighted by molar-refractivity contribution is 0.906. The number of hydrogen-bond acceptors (Lipinski definition) is 4. The number of nitrogens with two attached hydrogens (primary N) is 1. The maximum Gasteiger partial charge on any atom is 0.153 e. The summed E-state index contributed by atoms with van der Waals surface area (Å²) in [5.41, 5.74) is 7.13. The summed E-state index contributed by atoms with van der Waals surface area (Å²) in [6, 6.07) is 0. The fourth-order valence-electron chi connectivity index (χ4n) is 0.868. The third kappa shape index (κ3) is 2.50. The topological polar surface area (TPSA) is 64.2 Å². The van der Waals surface area contributed by atoms with Crippen LogP contribution in [0.5, 0.6) is 0 Å². The normalized spacial score (nSPS) is 11.4. The number of rotatable bonds is 2. The number of hydrogen-bond donors (Lipinski definition) is 1. The Kier molecular flexibility index (Phi) is 2.95. The van der Waals surface area contributed by atoms with Gasteiger partial charge in [0, 0.05) is 6.21 Å². The fraction of sp³-hybridized carbons (Fsp3) is 0.444. The van der Waals surface area contributed by atoms with Crippen LogP contribution in [-0.4, -0.2) is 16.2 Å². The van der Waals surface area contributed by atoms with Gasteiger partial charge in [-0.2, -0.15) is 0 Å². The van der Waals surface area contributed by atoms with Crippen molar-refractivity contribution in [3.63, 3.8) is 0 Å². The first-order valence-corrected chi connectivity index (χ1v) is 4.22. The predicted molar refractivity (Wildman–Crippen MR) is 54.2 cm³/mol. The van der Waals surface area contributed by atoms with E-state index in [0.29, 0.717) is 17.4 Å². The summed E-state index contributed by atoms with van der Waals surface area (Å²) in [5.74, 6) is 0.836. The molecule has 0 aromatic carbocycles. The van der Waals surface area contributed by atoms with Crippen molar-refractivity contribution in [2.45, 2.75) is 20.8 Å². The fourth-order valence-corrected chi connectivity index (χ4v) is 0.868. The SMILES string of the molecule is Cc1ncnc(N)c1N=CC(C)C. The molecule has 0 saturated carbocycles. The lowest BCUT2D eigenvalue weighted by Crippen LogP contribution is -1.95. The van der Waals surface area contributed by atoms with Crippen molar-refractivity contribution in [1.82, 2.24) is 9.97 Å². The zero-order chi connectivity index (χ0) is 9.84. The number of aliphatic imine (C=N–C) groups is 1. The highest BCUT2D eigenvalue weighted by Gasteiger charge is 2.02. The predicted octanol–water partition coefficient (Wildman–Crippen LogP) is 1.73. The molecule has 2 N–H and O–H groups in total. The summed E-state index contributed by atoms with van der Waals surface area (Å²) >= 11 is 0. The summed E-state index contributed by atoms with van der Waals surface area (Å²) in [6.07, 6.45) is 3.28. The first-order chi connectivity index (χ1) is 6.11. The maximum atomic E-state index is 5.64. The molecule has 70 valence electrons. The largest absolute Gasteiger partial charge is 0.382 e. The van der Waals surface area contributed by atoms with Gasteiger partial charge in [0.25, 0.3) is 0 Å². The summed E-state index contributed by atoms with van der Waals surface area (Å²) < 4.78 is 0. The molecule has 0 fully saturated rings. The van der Waals surface area contributed by atoms with E-state index in [0.717, 1.165) is 5.69 Å². The van der Waals surface area contributed by atoms with E-state index in [4.69, 9.17) is 5.73 Å². The van der Waals surface area contributed by atoms with Crippen molar-refractivity contribution < 1.29 is 0 Å². The van der Waals surface area contributed by atoms with Gasteiger partial charge in [0.1, 0.15) is 12.0 Å². The third-order valence-electron chi connectivity index (χ3n) is 1.54. The average molecular weight is 178 g/mol. The van der Waals surface area contributed by atoms with Crippen LogP contribution in [-0.2, 0) is 0 Å². The first-order valence-electron chi connectivity index (χ1n) is 4.22. The maximum absolute atomic E-state index is 5.64. The Hall–Kier alpha value is -1.45. The summed E-state index contributed by atoms with van der Waals surface area (Å²) in [6.45, 7) is 5.97. The molecule has 1 aromatic heterocycles. The molecule has 1 rings (SSSR count). The van der Waals surface area contributed by atoms with E-state index in [1.807, 2.05) is 13.1 Å². The van der Waals surface area contributed by atoms with Crippen LogP contribution in [0.4, 0.5) is 11.5 Å². The summed E-state index contributed by atoms with van der Waals surface area (Å²) in [4.78, 5) is 12.1. The van der Waals surface area contributed by atoms with Crippen molar-refractivity contribution in [3.8, 4) is 0 Å². The van der Waals surface area contributed by atoms with Crippen LogP contribution in [0.25, 0.3) is 0 Å². The van der Waals surface area contributed by atoms with Gasteiger partial charge in [-0.25, -0.2) is 9.97 Å². The van der Waals surface area contributed by atoms with E-state index in [1.54, 1.807) is 0 Å². The van der Waals surface area contributed by atoms with Crippen LogP contribution in [0.1, 0.15) is 19.5 Å². The summed E-state index contributed by atoms with van der Waals surface area (Å²) in [5, 5.41) is 0. The number of aryl methyl sites for hydroxylation is 1. The second kappa shape index (κ2) is 3.98. The van der Waals surface area contributed by atoms with Gasteiger partial charge in [0.15, 0.2) is 5.82 Å². The molecule has 1 aromatic rings. The number of anilines is 1.